The SMILES string of the molecule is Cc1cc(CN2CCN(CC(F)(F)F)CC2)oc1C(=O)O. The van der Waals surface area contributed by atoms with Gasteiger partial charge in [0.15, 0.2) is 0 Å². The van der Waals surface area contributed by atoms with Crippen LogP contribution >= 0.6 is 0 Å². The number of nitrogens with zero attached hydrogens (tertiary/aromatic N) is 2. The first-order valence-electron chi connectivity index (χ1n) is 6.58. The van der Waals surface area contributed by atoms with Crippen LogP contribution in [0.5, 0.6) is 0 Å². The number of carboxylic acids is 1. The molecular weight excluding hydrogens is 289 g/mol. The highest BCUT2D eigenvalue weighted by molar-refractivity contribution is 5.86. The molecule has 21 heavy (non-hydrogen) atoms. The van der Waals surface area contributed by atoms with Gasteiger partial charge < -0.3 is 9.52 Å². The largest absolute Gasteiger partial charge is 0.475 e. The van der Waals surface area contributed by atoms with Crippen molar-refractivity contribution < 1.29 is 27.5 Å². The summed E-state index contributed by atoms with van der Waals surface area (Å²) in [6.45, 7) is 2.85. The fourth-order valence-electron chi connectivity index (χ4n) is 2.42. The van der Waals surface area contributed by atoms with E-state index in [0.29, 0.717) is 44.0 Å². The van der Waals surface area contributed by atoms with E-state index in [4.69, 9.17) is 9.52 Å². The Morgan fingerprint density at radius 2 is 1.86 bits per heavy atom. The van der Waals surface area contributed by atoms with Crippen LogP contribution in [-0.2, 0) is 6.54 Å². The van der Waals surface area contributed by atoms with Crippen molar-refractivity contribution in [1.82, 2.24) is 9.80 Å². The van der Waals surface area contributed by atoms with Gasteiger partial charge in [-0.05, 0) is 13.0 Å². The zero-order chi connectivity index (χ0) is 15.6. The molecule has 0 aromatic carbocycles. The fourth-order valence-corrected chi connectivity index (χ4v) is 2.42. The van der Waals surface area contributed by atoms with Crippen molar-refractivity contribution in [3.8, 4) is 0 Å². The van der Waals surface area contributed by atoms with Crippen molar-refractivity contribution in [2.45, 2.75) is 19.6 Å². The summed E-state index contributed by atoms with van der Waals surface area (Å²) in [6, 6.07) is 1.66. The van der Waals surface area contributed by atoms with E-state index in [1.165, 1.54) is 4.90 Å². The molecule has 1 N–H and O–H groups in total. The highest BCUT2D eigenvalue weighted by atomic mass is 19.4. The number of hydrogen-bond acceptors (Lipinski definition) is 4. The number of piperazine rings is 1. The molecule has 0 saturated carbocycles. The Hall–Kier alpha value is -1.54. The summed E-state index contributed by atoms with van der Waals surface area (Å²) >= 11 is 0. The maximum atomic E-state index is 12.3. The molecule has 0 aliphatic carbocycles. The number of rotatable bonds is 4. The van der Waals surface area contributed by atoms with Gasteiger partial charge >= 0.3 is 12.1 Å². The molecule has 0 radical (unpaired) electrons. The number of carboxylic acid groups (broad SMARTS) is 1. The summed E-state index contributed by atoms with van der Waals surface area (Å²) in [6.07, 6.45) is -4.17. The maximum absolute atomic E-state index is 12.3. The second-order valence-corrected chi connectivity index (χ2v) is 5.20. The van der Waals surface area contributed by atoms with Crippen molar-refractivity contribution in [2.75, 3.05) is 32.7 Å². The van der Waals surface area contributed by atoms with Crippen molar-refractivity contribution in [3.63, 3.8) is 0 Å². The molecule has 1 saturated heterocycles. The Morgan fingerprint density at radius 1 is 1.29 bits per heavy atom. The molecule has 1 aliphatic rings. The lowest BCUT2D eigenvalue weighted by Gasteiger charge is -2.34. The molecule has 8 heteroatoms. The third-order valence-electron chi connectivity index (χ3n) is 3.41. The van der Waals surface area contributed by atoms with Crippen LogP contribution in [0, 0.1) is 6.92 Å². The zero-order valence-corrected chi connectivity index (χ0v) is 11.6. The van der Waals surface area contributed by atoms with Crippen LogP contribution in [0.3, 0.4) is 0 Å². The first-order valence-corrected chi connectivity index (χ1v) is 6.58. The van der Waals surface area contributed by atoms with Gasteiger partial charge in [-0.25, -0.2) is 4.79 Å². The second kappa shape index (κ2) is 6.07. The monoisotopic (exact) mass is 306 g/mol. The van der Waals surface area contributed by atoms with E-state index in [2.05, 4.69) is 0 Å². The molecule has 5 nitrogen and oxygen atoms in total. The van der Waals surface area contributed by atoms with Gasteiger partial charge in [0.25, 0.3) is 0 Å². The number of furan rings is 1. The molecular formula is C13H17F3N2O3. The molecule has 0 spiro atoms. The minimum atomic E-state index is -4.17. The lowest BCUT2D eigenvalue weighted by Crippen LogP contribution is -2.48. The van der Waals surface area contributed by atoms with Gasteiger partial charge in [0.1, 0.15) is 5.76 Å². The van der Waals surface area contributed by atoms with Gasteiger partial charge in [0, 0.05) is 31.7 Å². The highest BCUT2D eigenvalue weighted by Crippen LogP contribution is 2.19. The number of carbonyl (C=O) groups is 1. The van der Waals surface area contributed by atoms with Gasteiger partial charge in [-0.3, -0.25) is 9.80 Å². The number of aromatic carboxylic acids is 1. The number of hydrogen-bond donors (Lipinski definition) is 1. The van der Waals surface area contributed by atoms with Crippen LogP contribution in [0.25, 0.3) is 0 Å². The van der Waals surface area contributed by atoms with E-state index < -0.39 is 18.7 Å². The first kappa shape index (κ1) is 15.8. The minimum absolute atomic E-state index is 0.0827. The van der Waals surface area contributed by atoms with E-state index in [0.717, 1.165) is 0 Å². The maximum Gasteiger partial charge on any atom is 0.401 e. The molecule has 1 fully saturated rings. The summed E-state index contributed by atoms with van der Waals surface area (Å²) in [5.74, 6) is -0.677. The summed E-state index contributed by atoms with van der Waals surface area (Å²) in [5, 5.41) is 8.91. The third kappa shape index (κ3) is 4.47. The van der Waals surface area contributed by atoms with Crippen molar-refractivity contribution in [1.29, 1.82) is 0 Å². The molecule has 1 aromatic rings. The van der Waals surface area contributed by atoms with Gasteiger partial charge in [0.05, 0.1) is 13.1 Å². The molecule has 2 heterocycles. The lowest BCUT2D eigenvalue weighted by atomic mass is 10.2. The molecule has 0 unspecified atom stereocenters. The zero-order valence-electron chi connectivity index (χ0n) is 11.6. The predicted molar refractivity (Wildman–Crippen MR) is 68.2 cm³/mol. The van der Waals surface area contributed by atoms with E-state index in [1.54, 1.807) is 13.0 Å². The van der Waals surface area contributed by atoms with Crippen molar-refractivity contribution in [3.05, 3.63) is 23.2 Å². The summed E-state index contributed by atoms with van der Waals surface area (Å²) < 4.78 is 42.1. The van der Waals surface area contributed by atoms with Gasteiger partial charge in [0.2, 0.25) is 5.76 Å². The Labute approximate surface area is 119 Å². The molecule has 1 aromatic heterocycles. The Bertz CT molecular complexity index is 505. The molecule has 118 valence electrons. The summed E-state index contributed by atoms with van der Waals surface area (Å²) in [5.41, 5.74) is 0.549. The molecule has 2 rings (SSSR count). The first-order chi connectivity index (χ1) is 9.74. The average Bonchev–Trinajstić information content (AvgIpc) is 2.71. The quantitative estimate of drug-likeness (QED) is 0.921. The average molecular weight is 306 g/mol. The van der Waals surface area contributed by atoms with Gasteiger partial charge in [-0.1, -0.05) is 0 Å². The van der Waals surface area contributed by atoms with E-state index >= 15 is 0 Å². The Kier molecular flexibility index (Phi) is 4.58. The smallest absolute Gasteiger partial charge is 0.401 e. The van der Waals surface area contributed by atoms with Crippen LogP contribution in [0.4, 0.5) is 13.2 Å². The molecule has 1 aliphatic heterocycles. The number of aryl methyl sites for hydroxylation is 1. The number of halogens is 3. The molecule has 0 atom stereocenters. The van der Waals surface area contributed by atoms with Crippen LogP contribution in [0.2, 0.25) is 0 Å². The topological polar surface area (TPSA) is 56.9 Å². The van der Waals surface area contributed by atoms with Gasteiger partial charge in [-0.2, -0.15) is 13.2 Å². The lowest BCUT2D eigenvalue weighted by molar-refractivity contribution is -0.149. The Morgan fingerprint density at radius 3 is 2.33 bits per heavy atom. The summed E-state index contributed by atoms with van der Waals surface area (Å²) in [7, 11) is 0. The molecule has 0 bridgehead atoms. The normalized spacial score (nSPS) is 18.1. The Balaban J connectivity index is 1.86. The van der Waals surface area contributed by atoms with E-state index in [-0.39, 0.29) is 5.76 Å². The van der Waals surface area contributed by atoms with Crippen molar-refractivity contribution >= 4 is 5.97 Å². The van der Waals surface area contributed by atoms with Crippen LogP contribution in [-0.4, -0.2) is 59.8 Å². The van der Waals surface area contributed by atoms with E-state index in [1.807, 2.05) is 4.90 Å². The van der Waals surface area contributed by atoms with Crippen LogP contribution in [0.15, 0.2) is 10.5 Å². The fraction of sp³-hybridized carbons (Fsp3) is 0.615. The van der Waals surface area contributed by atoms with Crippen molar-refractivity contribution in [2.24, 2.45) is 0 Å². The van der Waals surface area contributed by atoms with E-state index in [9.17, 15) is 18.0 Å². The minimum Gasteiger partial charge on any atom is -0.475 e. The summed E-state index contributed by atoms with van der Waals surface area (Å²) in [4.78, 5) is 14.2. The number of alkyl halides is 3. The molecule has 0 amide bonds. The third-order valence-corrected chi connectivity index (χ3v) is 3.41. The van der Waals surface area contributed by atoms with Gasteiger partial charge in [-0.15, -0.1) is 0 Å². The standard InChI is InChI=1S/C13H17F3N2O3/c1-9-6-10(21-11(9)12(19)20)7-17-2-4-18(5-3-17)8-13(14,15)16/h6H,2-5,7-8H2,1H3,(H,19,20). The van der Waals surface area contributed by atoms with Crippen LogP contribution < -0.4 is 0 Å². The highest BCUT2D eigenvalue weighted by Gasteiger charge is 2.32. The van der Waals surface area contributed by atoms with Crippen LogP contribution in [0.1, 0.15) is 21.9 Å². The predicted octanol–water partition coefficient (Wildman–Crippen LogP) is 1.97. The second-order valence-electron chi connectivity index (χ2n) is 5.20.